The van der Waals surface area contributed by atoms with Gasteiger partial charge >= 0.3 is 11.7 Å². The van der Waals surface area contributed by atoms with Crippen LogP contribution in [0.4, 0.5) is 10.5 Å². The predicted octanol–water partition coefficient (Wildman–Crippen LogP) is 6.01. The molecule has 1 heterocycles. The largest absolute Gasteiger partial charge is 0.444 e. The Morgan fingerprint density at radius 3 is 2.46 bits per heavy atom. The lowest BCUT2D eigenvalue weighted by Gasteiger charge is -2.24. The molecule has 1 aromatic heterocycles. The first-order valence-electron chi connectivity index (χ1n) is 11.7. The average Bonchev–Trinajstić information content (AvgIpc) is 2.82. The molecule has 0 radical (unpaired) electrons. The van der Waals surface area contributed by atoms with E-state index in [1.807, 2.05) is 99.6 Å². The highest BCUT2D eigenvalue weighted by Gasteiger charge is 2.20. The van der Waals surface area contributed by atoms with Crippen molar-refractivity contribution in [3.63, 3.8) is 0 Å². The number of carbonyl (C=O) groups excluding carboxylic acids is 1. The minimum Gasteiger partial charge on any atom is -0.444 e. The lowest BCUT2D eigenvalue weighted by Crippen LogP contribution is -2.43. The Balaban J connectivity index is 1.51. The normalized spacial score (nSPS) is 12.2. The molecule has 0 aliphatic heterocycles. The predicted molar refractivity (Wildman–Crippen MR) is 140 cm³/mol. The van der Waals surface area contributed by atoms with Crippen LogP contribution in [-0.2, 0) is 11.2 Å². The van der Waals surface area contributed by atoms with E-state index in [-0.39, 0.29) is 11.7 Å². The Morgan fingerprint density at radius 1 is 0.943 bits per heavy atom. The molecule has 2 N–H and O–H groups in total. The van der Waals surface area contributed by atoms with E-state index in [4.69, 9.17) is 9.15 Å². The molecule has 6 nitrogen and oxygen atoms in total. The molecule has 1 atom stereocenters. The highest BCUT2D eigenvalue weighted by Crippen LogP contribution is 2.23. The lowest BCUT2D eigenvalue weighted by molar-refractivity contribution is 0.0507. The Morgan fingerprint density at radius 2 is 1.69 bits per heavy atom. The Hall–Kier alpha value is -4.06. The third-order valence-corrected chi connectivity index (χ3v) is 5.41. The van der Waals surface area contributed by atoms with Gasteiger partial charge in [-0.1, -0.05) is 60.7 Å². The van der Waals surface area contributed by atoms with Gasteiger partial charge in [0.05, 0.1) is 11.6 Å². The second-order valence-electron chi connectivity index (χ2n) is 9.48. The van der Waals surface area contributed by atoms with Crippen molar-refractivity contribution in [1.29, 1.82) is 0 Å². The van der Waals surface area contributed by atoms with Gasteiger partial charge < -0.3 is 19.8 Å². The van der Waals surface area contributed by atoms with Crippen LogP contribution in [0.25, 0.3) is 22.1 Å². The molecule has 0 aliphatic carbocycles. The summed E-state index contributed by atoms with van der Waals surface area (Å²) in [5.41, 5.74) is 2.80. The summed E-state index contributed by atoms with van der Waals surface area (Å²) in [6.07, 6.45) is 0.184. The Labute approximate surface area is 204 Å². The topological polar surface area (TPSA) is 80.6 Å². The van der Waals surface area contributed by atoms with Gasteiger partial charge in [0.2, 0.25) is 0 Å². The maximum Gasteiger partial charge on any atom is 0.407 e. The number of para-hydroxylation sites is 1. The molecular weight excluding hydrogens is 440 g/mol. The number of amides is 1. The van der Waals surface area contributed by atoms with Gasteiger partial charge in [0, 0.05) is 17.6 Å². The molecule has 4 rings (SSSR count). The van der Waals surface area contributed by atoms with Gasteiger partial charge in [0.25, 0.3) is 0 Å². The zero-order chi connectivity index (χ0) is 24.8. The van der Waals surface area contributed by atoms with Crippen LogP contribution in [0.15, 0.2) is 94.1 Å². The maximum atomic E-state index is 12.6. The van der Waals surface area contributed by atoms with Crippen molar-refractivity contribution in [2.45, 2.75) is 38.8 Å². The van der Waals surface area contributed by atoms with E-state index in [0.717, 1.165) is 22.2 Å². The van der Waals surface area contributed by atoms with Crippen LogP contribution < -0.4 is 16.3 Å². The second-order valence-corrected chi connectivity index (χ2v) is 9.48. The van der Waals surface area contributed by atoms with Crippen LogP contribution in [0, 0.1) is 0 Å². The minimum atomic E-state index is -0.579. The number of carbonyl (C=O) groups is 1. The first-order chi connectivity index (χ1) is 16.8. The van der Waals surface area contributed by atoms with Crippen molar-refractivity contribution in [1.82, 2.24) is 5.32 Å². The number of fused-ring (bicyclic) bond motifs is 1. The molecule has 4 aromatic rings. The van der Waals surface area contributed by atoms with Crippen molar-refractivity contribution in [3.05, 3.63) is 101 Å². The van der Waals surface area contributed by atoms with Crippen LogP contribution >= 0.6 is 0 Å². The van der Waals surface area contributed by atoms with E-state index in [1.165, 1.54) is 0 Å². The molecule has 0 unspecified atom stereocenters. The highest BCUT2D eigenvalue weighted by atomic mass is 16.6. The molecule has 0 saturated heterocycles. The zero-order valence-corrected chi connectivity index (χ0v) is 20.2. The monoisotopic (exact) mass is 470 g/mol. The van der Waals surface area contributed by atoms with E-state index < -0.39 is 11.7 Å². The van der Waals surface area contributed by atoms with E-state index in [9.17, 15) is 9.59 Å². The molecule has 1 amide bonds. The number of ether oxygens (including phenoxy) is 1. The first kappa shape index (κ1) is 24.1. The van der Waals surface area contributed by atoms with Crippen molar-refractivity contribution in [2.24, 2.45) is 0 Å². The molecule has 0 spiro atoms. The summed E-state index contributed by atoms with van der Waals surface area (Å²) in [6, 6.07) is 26.7. The molecule has 3 aromatic carbocycles. The molecule has 0 bridgehead atoms. The molecule has 180 valence electrons. The van der Waals surface area contributed by atoms with Crippen molar-refractivity contribution < 1.29 is 13.9 Å². The number of nitrogens with one attached hydrogen (secondary N) is 2. The maximum absolute atomic E-state index is 12.6. The van der Waals surface area contributed by atoms with Crippen molar-refractivity contribution in [3.8, 4) is 11.1 Å². The van der Waals surface area contributed by atoms with Crippen LogP contribution in [0.2, 0.25) is 0 Å². The summed E-state index contributed by atoms with van der Waals surface area (Å²) in [6.45, 7) is 5.99. The fraction of sp³-hybridized carbons (Fsp3) is 0.241. The number of alkyl carbamates (subject to hydrolysis) is 1. The van der Waals surface area contributed by atoms with E-state index in [2.05, 4.69) is 10.6 Å². The molecule has 0 fully saturated rings. The van der Waals surface area contributed by atoms with Gasteiger partial charge in [-0.2, -0.15) is 0 Å². The number of hydrogen-bond acceptors (Lipinski definition) is 5. The van der Waals surface area contributed by atoms with Gasteiger partial charge in [-0.05, 0) is 62.6 Å². The van der Waals surface area contributed by atoms with Gasteiger partial charge in [-0.15, -0.1) is 0 Å². The molecular formula is C29H30N2O4. The Kier molecular flexibility index (Phi) is 7.20. The Bertz CT molecular complexity index is 1360. The summed E-state index contributed by atoms with van der Waals surface area (Å²) < 4.78 is 11.0. The zero-order valence-electron chi connectivity index (χ0n) is 20.2. The number of rotatable bonds is 7. The van der Waals surface area contributed by atoms with Gasteiger partial charge in [0.15, 0.2) is 0 Å². The fourth-order valence-corrected chi connectivity index (χ4v) is 3.85. The van der Waals surface area contributed by atoms with Crippen LogP contribution in [0.1, 0.15) is 26.3 Å². The number of hydrogen-bond donors (Lipinski definition) is 2. The van der Waals surface area contributed by atoms with E-state index in [0.29, 0.717) is 24.1 Å². The quantitative estimate of drug-likeness (QED) is 0.324. The molecule has 35 heavy (non-hydrogen) atoms. The molecule has 6 heteroatoms. The fourth-order valence-electron chi connectivity index (χ4n) is 3.85. The average molecular weight is 471 g/mol. The van der Waals surface area contributed by atoms with E-state index in [1.54, 1.807) is 6.07 Å². The SMILES string of the molecule is CC(C)(C)OC(=O)N[C@H](CNc1cccc(-c2cc3ccccc3oc2=O)c1)Cc1ccccc1. The second kappa shape index (κ2) is 10.5. The van der Waals surface area contributed by atoms with Crippen LogP contribution in [0.3, 0.4) is 0 Å². The van der Waals surface area contributed by atoms with Gasteiger partial charge in [0.1, 0.15) is 11.2 Å². The van der Waals surface area contributed by atoms with Crippen molar-refractivity contribution in [2.75, 3.05) is 11.9 Å². The van der Waals surface area contributed by atoms with E-state index >= 15 is 0 Å². The van der Waals surface area contributed by atoms with Crippen molar-refractivity contribution >= 4 is 22.7 Å². The summed E-state index contributed by atoms with van der Waals surface area (Å²) in [7, 11) is 0. The molecule has 0 saturated carbocycles. The van der Waals surface area contributed by atoms with Crippen LogP contribution in [-0.4, -0.2) is 24.3 Å². The third kappa shape index (κ3) is 6.73. The van der Waals surface area contributed by atoms with Gasteiger partial charge in [-0.3, -0.25) is 0 Å². The molecule has 0 aliphatic rings. The first-order valence-corrected chi connectivity index (χ1v) is 11.7. The minimum absolute atomic E-state index is 0.207. The summed E-state index contributed by atoms with van der Waals surface area (Å²) in [5, 5.41) is 7.24. The third-order valence-electron chi connectivity index (χ3n) is 5.41. The number of benzene rings is 3. The highest BCUT2D eigenvalue weighted by molar-refractivity contribution is 5.82. The smallest absolute Gasteiger partial charge is 0.407 e. The summed E-state index contributed by atoms with van der Waals surface area (Å²) in [4.78, 5) is 25.0. The van der Waals surface area contributed by atoms with Crippen LogP contribution in [0.5, 0.6) is 0 Å². The summed E-state index contributed by atoms with van der Waals surface area (Å²) in [5.74, 6) is 0. The summed E-state index contributed by atoms with van der Waals surface area (Å²) >= 11 is 0. The number of anilines is 1. The lowest BCUT2D eigenvalue weighted by atomic mass is 10.0. The standard InChI is InChI=1S/C29H30N2O4/c1-29(2,3)35-28(33)31-24(16-20-10-5-4-6-11-20)19-30-23-14-9-13-21(17-23)25-18-22-12-7-8-15-26(22)34-27(25)32/h4-15,17-18,24,30H,16,19H2,1-3H3,(H,31,33)/t24-/m0/s1. The van der Waals surface area contributed by atoms with Gasteiger partial charge in [-0.25, -0.2) is 9.59 Å².